The number of urea groups is 1. The number of hydrogen-bond donors (Lipinski definition) is 1. The van der Waals surface area contributed by atoms with Crippen LogP contribution in [-0.4, -0.2) is 57.5 Å². The van der Waals surface area contributed by atoms with E-state index in [2.05, 4.69) is 11.4 Å². The molecule has 1 aromatic heterocycles. The Balaban J connectivity index is 1.70. The van der Waals surface area contributed by atoms with Crippen LogP contribution >= 0.6 is 23.1 Å². The molecule has 0 bridgehead atoms. The van der Waals surface area contributed by atoms with Gasteiger partial charge in [0.1, 0.15) is 0 Å². The monoisotopic (exact) mass is 326 g/mol. The van der Waals surface area contributed by atoms with E-state index in [0.29, 0.717) is 13.1 Å². The Bertz CT molecular complexity index is 546. The molecule has 5 nitrogen and oxygen atoms in total. The van der Waals surface area contributed by atoms with E-state index >= 15 is 0 Å². The zero-order chi connectivity index (χ0) is 14.8. The number of carbonyl (C=O) groups excluding carboxylic acids is 1. The Morgan fingerprint density at radius 2 is 2.24 bits per heavy atom. The van der Waals surface area contributed by atoms with Crippen molar-refractivity contribution < 1.29 is 14.7 Å². The summed E-state index contributed by atoms with van der Waals surface area (Å²) in [7, 11) is 0. The van der Waals surface area contributed by atoms with Crippen LogP contribution in [0.15, 0.2) is 11.4 Å². The van der Waals surface area contributed by atoms with Crippen LogP contribution in [0, 0.1) is 0 Å². The molecule has 114 valence electrons. The molecule has 1 fully saturated rings. The van der Waals surface area contributed by atoms with Crippen molar-refractivity contribution in [1.29, 1.82) is 0 Å². The topological polar surface area (TPSA) is 60.9 Å². The van der Waals surface area contributed by atoms with Gasteiger partial charge in [-0.15, -0.1) is 11.3 Å². The summed E-state index contributed by atoms with van der Waals surface area (Å²) in [4.78, 5) is 28.7. The van der Waals surface area contributed by atoms with Crippen molar-refractivity contribution in [2.75, 3.05) is 24.6 Å². The number of aliphatic carboxylic acids is 1. The highest BCUT2D eigenvalue weighted by Crippen LogP contribution is 2.26. The maximum Gasteiger partial charge on any atom is 0.320 e. The number of rotatable bonds is 2. The number of carboxylic acids is 1. The first-order valence-corrected chi connectivity index (χ1v) is 9.09. The summed E-state index contributed by atoms with van der Waals surface area (Å²) in [5, 5.41) is 11.1. The van der Waals surface area contributed by atoms with Gasteiger partial charge in [-0.05, 0) is 23.4 Å². The lowest BCUT2D eigenvalue weighted by Crippen LogP contribution is -2.53. The molecule has 1 unspecified atom stereocenters. The normalized spacial score (nSPS) is 22.0. The molecule has 0 aliphatic carbocycles. The molecule has 1 atom stereocenters. The van der Waals surface area contributed by atoms with E-state index in [1.165, 1.54) is 10.4 Å². The van der Waals surface area contributed by atoms with Gasteiger partial charge in [-0.3, -0.25) is 4.79 Å². The first-order chi connectivity index (χ1) is 10.1. The lowest BCUT2D eigenvalue weighted by Gasteiger charge is -2.39. The fourth-order valence-corrected chi connectivity index (χ4v) is 4.82. The average Bonchev–Trinajstić information content (AvgIpc) is 2.94. The minimum absolute atomic E-state index is 0.00148. The summed E-state index contributed by atoms with van der Waals surface area (Å²) in [6.07, 6.45) is 0.946. The molecular weight excluding hydrogens is 308 g/mol. The predicted molar refractivity (Wildman–Crippen MR) is 83.9 cm³/mol. The lowest BCUT2D eigenvalue weighted by atomic mass is 10.1. The van der Waals surface area contributed by atoms with Gasteiger partial charge in [0.2, 0.25) is 0 Å². The quantitative estimate of drug-likeness (QED) is 0.904. The molecule has 1 N–H and O–H groups in total. The van der Waals surface area contributed by atoms with Crippen LogP contribution in [-0.2, 0) is 17.8 Å². The SMILES string of the molecule is O=C(O)CC1CSCCN1C(=O)N1CCc2sccc2C1. The molecule has 0 spiro atoms. The van der Waals surface area contributed by atoms with E-state index in [9.17, 15) is 9.59 Å². The largest absolute Gasteiger partial charge is 0.481 e. The van der Waals surface area contributed by atoms with Crippen molar-refractivity contribution in [3.63, 3.8) is 0 Å². The third-order valence-electron chi connectivity index (χ3n) is 3.96. The van der Waals surface area contributed by atoms with E-state index in [0.717, 1.165) is 24.5 Å². The first-order valence-electron chi connectivity index (χ1n) is 7.05. The number of hydrogen-bond acceptors (Lipinski definition) is 4. The Hall–Kier alpha value is -1.21. The highest BCUT2D eigenvalue weighted by atomic mass is 32.2. The third-order valence-corrected chi connectivity index (χ3v) is 6.08. The zero-order valence-corrected chi connectivity index (χ0v) is 13.3. The molecule has 0 aromatic carbocycles. The highest BCUT2D eigenvalue weighted by molar-refractivity contribution is 7.99. The van der Waals surface area contributed by atoms with Crippen molar-refractivity contribution >= 4 is 35.1 Å². The molecular formula is C14H18N2O3S2. The number of carbonyl (C=O) groups is 2. The van der Waals surface area contributed by atoms with Gasteiger partial charge in [0.05, 0.1) is 12.5 Å². The number of carboxylic acid groups (broad SMARTS) is 1. The van der Waals surface area contributed by atoms with Crippen molar-refractivity contribution in [2.24, 2.45) is 0 Å². The maximum absolute atomic E-state index is 12.7. The van der Waals surface area contributed by atoms with Crippen molar-refractivity contribution in [2.45, 2.75) is 25.4 Å². The fourth-order valence-electron chi connectivity index (χ4n) is 2.87. The second-order valence-corrected chi connectivity index (χ2v) is 7.49. The van der Waals surface area contributed by atoms with E-state index in [1.807, 2.05) is 4.90 Å². The first kappa shape index (κ1) is 14.7. The number of thioether (sulfide) groups is 1. The van der Waals surface area contributed by atoms with Crippen LogP contribution in [0.3, 0.4) is 0 Å². The summed E-state index contributed by atoms with van der Waals surface area (Å²) in [6.45, 7) is 2.03. The Kier molecular flexibility index (Phi) is 4.40. The molecule has 2 aliphatic rings. The average molecular weight is 326 g/mol. The summed E-state index contributed by atoms with van der Waals surface area (Å²) < 4.78 is 0. The predicted octanol–water partition coefficient (Wildman–Crippen LogP) is 2.12. The molecule has 3 rings (SSSR count). The Morgan fingerprint density at radius 3 is 3.05 bits per heavy atom. The maximum atomic E-state index is 12.7. The van der Waals surface area contributed by atoms with Gasteiger partial charge in [-0.1, -0.05) is 0 Å². The Morgan fingerprint density at radius 1 is 1.38 bits per heavy atom. The minimum atomic E-state index is -0.834. The van der Waals surface area contributed by atoms with Crippen LogP contribution in [0.1, 0.15) is 16.9 Å². The molecule has 2 amide bonds. The second-order valence-electron chi connectivity index (χ2n) is 5.34. The van der Waals surface area contributed by atoms with Gasteiger partial charge < -0.3 is 14.9 Å². The van der Waals surface area contributed by atoms with Gasteiger partial charge in [0, 0.05) is 36.0 Å². The summed E-state index contributed by atoms with van der Waals surface area (Å²) >= 11 is 3.48. The summed E-state index contributed by atoms with van der Waals surface area (Å²) in [6, 6.07) is 1.90. The van der Waals surface area contributed by atoms with Crippen LogP contribution in [0.4, 0.5) is 4.79 Å². The summed E-state index contributed by atoms with van der Waals surface area (Å²) in [5.74, 6) is 0.772. The summed E-state index contributed by atoms with van der Waals surface area (Å²) in [5.41, 5.74) is 1.24. The molecule has 2 aliphatic heterocycles. The smallest absolute Gasteiger partial charge is 0.320 e. The minimum Gasteiger partial charge on any atom is -0.481 e. The fraction of sp³-hybridized carbons (Fsp3) is 0.571. The van der Waals surface area contributed by atoms with E-state index in [-0.39, 0.29) is 18.5 Å². The number of amides is 2. The van der Waals surface area contributed by atoms with Crippen molar-refractivity contribution in [1.82, 2.24) is 9.80 Å². The number of thiophene rings is 1. The van der Waals surface area contributed by atoms with Crippen molar-refractivity contribution in [3.8, 4) is 0 Å². The van der Waals surface area contributed by atoms with Gasteiger partial charge in [-0.25, -0.2) is 4.79 Å². The highest BCUT2D eigenvalue weighted by Gasteiger charge is 2.33. The van der Waals surface area contributed by atoms with Crippen LogP contribution in [0.25, 0.3) is 0 Å². The van der Waals surface area contributed by atoms with E-state index in [1.54, 1.807) is 28.0 Å². The standard InChI is InChI=1S/C14H18N2O3S2/c17-13(18)7-11-9-20-6-4-16(11)14(19)15-3-1-12-10(8-15)2-5-21-12/h2,5,11H,1,3-4,6-9H2,(H,17,18). The molecule has 3 heterocycles. The van der Waals surface area contributed by atoms with Gasteiger partial charge in [0.15, 0.2) is 0 Å². The van der Waals surface area contributed by atoms with Gasteiger partial charge in [0.25, 0.3) is 0 Å². The van der Waals surface area contributed by atoms with E-state index in [4.69, 9.17) is 5.11 Å². The molecule has 1 saturated heterocycles. The van der Waals surface area contributed by atoms with Crippen LogP contribution < -0.4 is 0 Å². The number of nitrogens with zero attached hydrogens (tertiary/aromatic N) is 2. The zero-order valence-electron chi connectivity index (χ0n) is 11.7. The van der Waals surface area contributed by atoms with Crippen LogP contribution in [0.2, 0.25) is 0 Å². The molecule has 7 heteroatoms. The molecule has 21 heavy (non-hydrogen) atoms. The van der Waals surface area contributed by atoms with Crippen molar-refractivity contribution in [3.05, 3.63) is 21.9 Å². The molecule has 0 saturated carbocycles. The lowest BCUT2D eigenvalue weighted by molar-refractivity contribution is -0.138. The number of fused-ring (bicyclic) bond motifs is 1. The molecule has 0 radical (unpaired) electrons. The Labute approximate surface area is 131 Å². The van der Waals surface area contributed by atoms with Crippen LogP contribution in [0.5, 0.6) is 0 Å². The second kappa shape index (κ2) is 6.27. The third kappa shape index (κ3) is 3.18. The van der Waals surface area contributed by atoms with E-state index < -0.39 is 5.97 Å². The van der Waals surface area contributed by atoms with Gasteiger partial charge in [-0.2, -0.15) is 11.8 Å². The molecule has 1 aromatic rings. The van der Waals surface area contributed by atoms with Gasteiger partial charge >= 0.3 is 12.0 Å².